The number of aryl methyl sites for hydroxylation is 1. The van der Waals surface area contributed by atoms with Crippen molar-refractivity contribution >= 4 is 17.4 Å². The Morgan fingerprint density at radius 2 is 1.61 bits per heavy atom. The molecule has 0 spiro atoms. The second-order valence-corrected chi connectivity index (χ2v) is 7.33. The van der Waals surface area contributed by atoms with E-state index in [2.05, 4.69) is 39.9 Å². The number of amides is 1. The Labute approximate surface area is 165 Å². The predicted octanol–water partition coefficient (Wildman–Crippen LogP) is 4.87. The number of carbonyl (C=O) groups excluding carboxylic acids is 1. The third kappa shape index (κ3) is 4.36. The summed E-state index contributed by atoms with van der Waals surface area (Å²) >= 11 is 0. The molecule has 0 saturated heterocycles. The van der Waals surface area contributed by atoms with Gasteiger partial charge in [-0.05, 0) is 56.2 Å². The van der Waals surface area contributed by atoms with Crippen molar-refractivity contribution in [1.29, 1.82) is 0 Å². The molecule has 0 radical (unpaired) electrons. The molecule has 1 amide bonds. The van der Waals surface area contributed by atoms with Crippen LogP contribution < -0.4 is 10.6 Å². The highest BCUT2D eigenvalue weighted by Crippen LogP contribution is 2.21. The molecular formula is C23H24N4O. The molecular weight excluding hydrogens is 348 g/mol. The monoisotopic (exact) mass is 372 g/mol. The van der Waals surface area contributed by atoms with Crippen LogP contribution in [0.15, 0.2) is 60.7 Å². The van der Waals surface area contributed by atoms with Gasteiger partial charge in [-0.25, -0.2) is 0 Å². The lowest BCUT2D eigenvalue weighted by atomic mass is 10.1. The molecule has 0 unspecified atom stereocenters. The van der Waals surface area contributed by atoms with Crippen LogP contribution in [0.3, 0.4) is 0 Å². The molecule has 2 N–H and O–H groups in total. The van der Waals surface area contributed by atoms with Crippen molar-refractivity contribution < 1.29 is 4.79 Å². The molecule has 28 heavy (non-hydrogen) atoms. The van der Waals surface area contributed by atoms with Gasteiger partial charge in [-0.15, -0.1) is 10.2 Å². The first-order chi connectivity index (χ1) is 13.7. The summed E-state index contributed by atoms with van der Waals surface area (Å²) in [5.74, 6) is 0.666. The Kier molecular flexibility index (Phi) is 5.33. The molecule has 5 heteroatoms. The number of carbonyl (C=O) groups is 1. The van der Waals surface area contributed by atoms with Crippen molar-refractivity contribution in [3.05, 3.63) is 71.8 Å². The first-order valence-corrected chi connectivity index (χ1v) is 9.76. The minimum absolute atomic E-state index is 0.000641. The van der Waals surface area contributed by atoms with E-state index in [9.17, 15) is 4.79 Å². The summed E-state index contributed by atoms with van der Waals surface area (Å²) in [5.41, 5.74) is 4.65. The molecule has 1 saturated carbocycles. The van der Waals surface area contributed by atoms with Gasteiger partial charge in [0.2, 0.25) is 0 Å². The normalized spacial score (nSPS) is 14.0. The van der Waals surface area contributed by atoms with Gasteiger partial charge in [0, 0.05) is 22.9 Å². The van der Waals surface area contributed by atoms with Crippen molar-refractivity contribution in [2.24, 2.45) is 0 Å². The van der Waals surface area contributed by atoms with Crippen LogP contribution in [0.5, 0.6) is 0 Å². The maximum Gasteiger partial charge on any atom is 0.251 e. The second-order valence-electron chi connectivity index (χ2n) is 7.33. The van der Waals surface area contributed by atoms with E-state index < -0.39 is 0 Å². The number of nitrogens with zero attached hydrogens (tertiary/aromatic N) is 2. The molecule has 142 valence electrons. The first-order valence-electron chi connectivity index (χ1n) is 9.76. The Hall–Kier alpha value is -3.21. The van der Waals surface area contributed by atoms with E-state index in [4.69, 9.17) is 0 Å². The first kappa shape index (κ1) is 18.2. The topological polar surface area (TPSA) is 66.9 Å². The summed E-state index contributed by atoms with van der Waals surface area (Å²) in [6.07, 6.45) is 4.58. The van der Waals surface area contributed by atoms with Crippen molar-refractivity contribution in [2.75, 3.05) is 5.32 Å². The fourth-order valence-corrected chi connectivity index (χ4v) is 3.47. The third-order valence-corrected chi connectivity index (χ3v) is 5.12. The van der Waals surface area contributed by atoms with Crippen LogP contribution in [0.25, 0.3) is 11.3 Å². The van der Waals surface area contributed by atoms with E-state index in [1.807, 2.05) is 48.5 Å². The van der Waals surface area contributed by atoms with Crippen molar-refractivity contribution in [3.8, 4) is 11.3 Å². The van der Waals surface area contributed by atoms with E-state index >= 15 is 0 Å². The van der Waals surface area contributed by atoms with Gasteiger partial charge in [-0.1, -0.05) is 42.7 Å². The van der Waals surface area contributed by atoms with Crippen LogP contribution in [-0.2, 0) is 0 Å². The highest BCUT2D eigenvalue weighted by atomic mass is 16.1. The second kappa shape index (κ2) is 8.21. The molecule has 1 aliphatic rings. The SMILES string of the molecule is Cc1ccc(-c2ccc(Nc3ccc(C(=O)NC4CCCC4)cc3)nn2)cc1. The minimum Gasteiger partial charge on any atom is -0.349 e. The zero-order chi connectivity index (χ0) is 19.3. The van der Waals surface area contributed by atoms with E-state index in [-0.39, 0.29) is 5.91 Å². The van der Waals surface area contributed by atoms with Gasteiger partial charge in [-0.3, -0.25) is 4.79 Å². The fraction of sp³-hybridized carbons (Fsp3) is 0.261. The highest BCUT2D eigenvalue weighted by Gasteiger charge is 2.17. The number of anilines is 2. The predicted molar refractivity (Wildman–Crippen MR) is 112 cm³/mol. The molecule has 1 aliphatic carbocycles. The molecule has 1 fully saturated rings. The van der Waals surface area contributed by atoms with E-state index in [1.165, 1.54) is 18.4 Å². The number of hydrogen-bond acceptors (Lipinski definition) is 4. The lowest BCUT2D eigenvalue weighted by Gasteiger charge is -2.12. The van der Waals surface area contributed by atoms with Gasteiger partial charge in [0.1, 0.15) is 0 Å². The summed E-state index contributed by atoms with van der Waals surface area (Å²) in [6, 6.07) is 19.8. The average molecular weight is 372 g/mol. The molecule has 5 nitrogen and oxygen atoms in total. The molecule has 0 aliphatic heterocycles. The maximum absolute atomic E-state index is 12.3. The third-order valence-electron chi connectivity index (χ3n) is 5.12. The Morgan fingerprint density at radius 3 is 2.25 bits per heavy atom. The van der Waals surface area contributed by atoms with Crippen LogP contribution in [-0.4, -0.2) is 22.1 Å². The van der Waals surface area contributed by atoms with Crippen molar-refractivity contribution in [2.45, 2.75) is 38.6 Å². The van der Waals surface area contributed by atoms with Gasteiger partial charge < -0.3 is 10.6 Å². The van der Waals surface area contributed by atoms with Crippen LogP contribution in [0.2, 0.25) is 0 Å². The lowest BCUT2D eigenvalue weighted by Crippen LogP contribution is -2.32. The van der Waals surface area contributed by atoms with Gasteiger partial charge in [0.15, 0.2) is 5.82 Å². The fourth-order valence-electron chi connectivity index (χ4n) is 3.47. The van der Waals surface area contributed by atoms with Gasteiger partial charge >= 0.3 is 0 Å². The van der Waals surface area contributed by atoms with Crippen LogP contribution >= 0.6 is 0 Å². The van der Waals surface area contributed by atoms with Crippen molar-refractivity contribution in [1.82, 2.24) is 15.5 Å². The highest BCUT2D eigenvalue weighted by molar-refractivity contribution is 5.94. The van der Waals surface area contributed by atoms with Crippen LogP contribution in [0.1, 0.15) is 41.6 Å². The van der Waals surface area contributed by atoms with E-state index in [0.717, 1.165) is 29.8 Å². The number of hydrogen-bond donors (Lipinski definition) is 2. The van der Waals surface area contributed by atoms with E-state index in [0.29, 0.717) is 17.4 Å². The molecule has 3 aromatic rings. The van der Waals surface area contributed by atoms with Gasteiger partial charge in [0.25, 0.3) is 5.91 Å². The maximum atomic E-state index is 12.3. The average Bonchev–Trinajstić information content (AvgIpc) is 3.23. The molecule has 0 atom stereocenters. The summed E-state index contributed by atoms with van der Waals surface area (Å²) in [7, 11) is 0. The molecule has 2 aromatic carbocycles. The lowest BCUT2D eigenvalue weighted by molar-refractivity contribution is 0.0938. The van der Waals surface area contributed by atoms with E-state index in [1.54, 1.807) is 0 Å². The Morgan fingerprint density at radius 1 is 0.893 bits per heavy atom. The largest absolute Gasteiger partial charge is 0.349 e. The zero-order valence-electron chi connectivity index (χ0n) is 16.0. The number of benzene rings is 2. The summed E-state index contributed by atoms with van der Waals surface area (Å²) < 4.78 is 0. The summed E-state index contributed by atoms with van der Waals surface area (Å²) in [6.45, 7) is 2.06. The summed E-state index contributed by atoms with van der Waals surface area (Å²) in [4.78, 5) is 12.3. The molecule has 4 rings (SSSR count). The molecule has 1 aromatic heterocycles. The van der Waals surface area contributed by atoms with Crippen LogP contribution in [0, 0.1) is 6.92 Å². The zero-order valence-corrected chi connectivity index (χ0v) is 16.0. The minimum atomic E-state index is 0.000641. The Balaban J connectivity index is 1.38. The summed E-state index contributed by atoms with van der Waals surface area (Å²) in [5, 5.41) is 14.9. The number of nitrogens with one attached hydrogen (secondary N) is 2. The van der Waals surface area contributed by atoms with Crippen molar-refractivity contribution in [3.63, 3.8) is 0 Å². The van der Waals surface area contributed by atoms with Gasteiger partial charge in [0.05, 0.1) is 5.69 Å². The number of aromatic nitrogens is 2. The quantitative estimate of drug-likeness (QED) is 0.671. The molecule has 1 heterocycles. The van der Waals surface area contributed by atoms with Gasteiger partial charge in [-0.2, -0.15) is 0 Å². The standard InChI is InChI=1S/C23H24N4O/c1-16-6-8-17(9-7-16)21-14-15-22(27-26-21)24-20-12-10-18(11-13-20)23(28)25-19-4-2-3-5-19/h6-15,19H,2-5H2,1H3,(H,24,27)(H,25,28). The Bertz CT molecular complexity index is 928. The number of rotatable bonds is 5. The smallest absolute Gasteiger partial charge is 0.251 e. The molecule has 0 bridgehead atoms. The van der Waals surface area contributed by atoms with Crippen LogP contribution in [0.4, 0.5) is 11.5 Å².